The van der Waals surface area contributed by atoms with Gasteiger partial charge in [0.25, 0.3) is 0 Å². The van der Waals surface area contributed by atoms with E-state index < -0.39 is 5.54 Å². The Balaban J connectivity index is 2.22. The number of carbonyl (C=O) groups excluding carboxylic acids is 1. The van der Waals surface area contributed by atoms with Crippen molar-refractivity contribution in [3.05, 3.63) is 30.6 Å². The monoisotopic (exact) mass is 305 g/mol. The first kappa shape index (κ1) is 15.7. The highest BCUT2D eigenvalue weighted by molar-refractivity contribution is 7.99. The number of fused-ring (bicyclic) bond motifs is 1. The third kappa shape index (κ3) is 3.51. The Morgan fingerprint density at radius 2 is 2.14 bits per heavy atom. The zero-order valence-electron chi connectivity index (χ0n) is 12.4. The van der Waals surface area contributed by atoms with E-state index in [2.05, 4.69) is 15.3 Å². The average molecular weight is 305 g/mol. The molecule has 0 aliphatic rings. The van der Waals surface area contributed by atoms with Gasteiger partial charge in [-0.25, -0.2) is 9.97 Å². The molecule has 0 spiro atoms. The number of ether oxygens (including phenoxy) is 1. The van der Waals surface area contributed by atoms with E-state index in [0.29, 0.717) is 12.3 Å². The molecule has 112 valence electrons. The van der Waals surface area contributed by atoms with Gasteiger partial charge in [-0.2, -0.15) is 0 Å². The van der Waals surface area contributed by atoms with E-state index in [9.17, 15) is 4.79 Å². The van der Waals surface area contributed by atoms with Gasteiger partial charge in [-0.1, -0.05) is 25.1 Å². The number of hydrogen-bond acceptors (Lipinski definition) is 6. The largest absolute Gasteiger partial charge is 0.468 e. The molecule has 0 saturated heterocycles. The van der Waals surface area contributed by atoms with Crippen LogP contribution in [0.1, 0.15) is 13.8 Å². The maximum absolute atomic E-state index is 12.0. The van der Waals surface area contributed by atoms with Crippen molar-refractivity contribution in [1.29, 1.82) is 0 Å². The van der Waals surface area contributed by atoms with Crippen LogP contribution in [0, 0.1) is 0 Å². The minimum Gasteiger partial charge on any atom is -0.468 e. The molecule has 1 unspecified atom stereocenters. The van der Waals surface area contributed by atoms with E-state index in [4.69, 9.17) is 4.74 Å². The number of hydrogen-bond donors (Lipinski definition) is 1. The van der Waals surface area contributed by atoms with Crippen LogP contribution in [-0.2, 0) is 9.53 Å². The molecule has 2 rings (SSSR count). The molecule has 1 atom stereocenters. The van der Waals surface area contributed by atoms with Gasteiger partial charge >= 0.3 is 5.97 Å². The Morgan fingerprint density at radius 1 is 1.38 bits per heavy atom. The number of methoxy groups -OCH3 is 1. The number of aromatic nitrogens is 2. The first-order valence-electron chi connectivity index (χ1n) is 6.76. The smallest absolute Gasteiger partial charge is 0.326 e. The molecule has 1 aromatic carbocycles. The molecule has 0 bridgehead atoms. The van der Waals surface area contributed by atoms with Gasteiger partial charge in [-0.3, -0.25) is 4.79 Å². The summed E-state index contributed by atoms with van der Waals surface area (Å²) in [6, 6.07) is 7.84. The van der Waals surface area contributed by atoms with Crippen molar-refractivity contribution in [2.24, 2.45) is 0 Å². The third-order valence-corrected chi connectivity index (χ3v) is 4.53. The zero-order valence-corrected chi connectivity index (χ0v) is 13.2. The molecule has 0 amide bonds. The summed E-state index contributed by atoms with van der Waals surface area (Å²) in [6.07, 6.45) is 1.55. The molecule has 0 saturated carbocycles. The van der Waals surface area contributed by atoms with Gasteiger partial charge in [0.05, 0.1) is 12.6 Å². The van der Waals surface area contributed by atoms with E-state index in [0.717, 1.165) is 15.9 Å². The van der Waals surface area contributed by atoms with Crippen molar-refractivity contribution >= 4 is 28.6 Å². The second kappa shape index (κ2) is 6.87. The summed E-state index contributed by atoms with van der Waals surface area (Å²) in [4.78, 5) is 20.5. The molecule has 1 N–H and O–H groups in total. The molecule has 0 radical (unpaired) electrons. The fourth-order valence-electron chi connectivity index (χ4n) is 2.11. The number of benzene rings is 1. The van der Waals surface area contributed by atoms with Crippen molar-refractivity contribution in [2.75, 3.05) is 19.4 Å². The van der Waals surface area contributed by atoms with E-state index >= 15 is 0 Å². The van der Waals surface area contributed by atoms with Crippen molar-refractivity contribution in [2.45, 2.75) is 24.4 Å². The van der Waals surface area contributed by atoms with Gasteiger partial charge in [0.1, 0.15) is 16.9 Å². The summed E-state index contributed by atoms with van der Waals surface area (Å²) in [6.45, 7) is 4.50. The normalized spacial score (nSPS) is 13.9. The van der Waals surface area contributed by atoms with Crippen LogP contribution in [0.5, 0.6) is 0 Å². The van der Waals surface area contributed by atoms with Crippen LogP contribution in [0.4, 0.5) is 0 Å². The van der Waals surface area contributed by atoms with Crippen LogP contribution >= 0.6 is 11.8 Å². The predicted octanol–water partition coefficient (Wildman–Crippen LogP) is 2.26. The Hall–Kier alpha value is -1.66. The number of likely N-dealkylation sites (N-methyl/N-ethyl adjacent to an activating group) is 1. The second-order valence-corrected chi connectivity index (χ2v) is 5.80. The highest BCUT2D eigenvalue weighted by Crippen LogP contribution is 2.27. The molecule has 5 nitrogen and oxygen atoms in total. The highest BCUT2D eigenvalue weighted by atomic mass is 32.2. The molecule has 6 heteroatoms. The molecular weight excluding hydrogens is 286 g/mol. The summed E-state index contributed by atoms with van der Waals surface area (Å²) in [5, 5.41) is 5.05. The van der Waals surface area contributed by atoms with Gasteiger partial charge in [-0.15, -0.1) is 11.8 Å². The van der Waals surface area contributed by atoms with Gasteiger partial charge in [-0.05, 0) is 19.5 Å². The Kier molecular flexibility index (Phi) is 5.14. The zero-order chi connectivity index (χ0) is 15.3. The Labute approximate surface area is 128 Å². The first-order valence-corrected chi connectivity index (χ1v) is 7.75. The highest BCUT2D eigenvalue weighted by Gasteiger charge is 2.33. The predicted molar refractivity (Wildman–Crippen MR) is 84.4 cm³/mol. The second-order valence-electron chi connectivity index (χ2n) is 4.84. The van der Waals surface area contributed by atoms with Crippen LogP contribution in [0.15, 0.2) is 35.6 Å². The van der Waals surface area contributed by atoms with Gasteiger partial charge in [0, 0.05) is 11.1 Å². The maximum Gasteiger partial charge on any atom is 0.326 e. The van der Waals surface area contributed by atoms with E-state index in [1.807, 2.05) is 38.1 Å². The molecule has 21 heavy (non-hydrogen) atoms. The number of esters is 1. The molecule has 2 aromatic rings. The lowest BCUT2D eigenvalue weighted by molar-refractivity contribution is -0.146. The van der Waals surface area contributed by atoms with Crippen LogP contribution < -0.4 is 5.32 Å². The maximum atomic E-state index is 12.0. The third-order valence-electron chi connectivity index (χ3n) is 3.21. The van der Waals surface area contributed by atoms with Crippen LogP contribution in [0.2, 0.25) is 0 Å². The number of para-hydroxylation sites is 1. The lowest BCUT2D eigenvalue weighted by atomic mass is 10.1. The summed E-state index contributed by atoms with van der Waals surface area (Å²) >= 11 is 1.53. The summed E-state index contributed by atoms with van der Waals surface area (Å²) < 4.78 is 4.90. The first-order chi connectivity index (χ1) is 10.1. The number of thioether (sulfide) groups is 1. The fraction of sp³-hybridized carbons (Fsp3) is 0.400. The molecule has 0 aliphatic heterocycles. The minimum absolute atomic E-state index is 0.268. The van der Waals surface area contributed by atoms with Crippen LogP contribution in [0.25, 0.3) is 10.9 Å². The van der Waals surface area contributed by atoms with Gasteiger partial charge in [0.2, 0.25) is 0 Å². The molecule has 0 fully saturated rings. The topological polar surface area (TPSA) is 64.1 Å². The molecule has 1 heterocycles. The van der Waals surface area contributed by atoms with Crippen molar-refractivity contribution in [1.82, 2.24) is 15.3 Å². The van der Waals surface area contributed by atoms with Gasteiger partial charge < -0.3 is 10.1 Å². The quantitative estimate of drug-likeness (QED) is 0.502. The Morgan fingerprint density at radius 3 is 2.86 bits per heavy atom. The molecular formula is C15H19N3O2S. The minimum atomic E-state index is -0.736. The van der Waals surface area contributed by atoms with E-state index in [1.165, 1.54) is 18.9 Å². The van der Waals surface area contributed by atoms with E-state index in [1.54, 1.807) is 6.33 Å². The summed E-state index contributed by atoms with van der Waals surface area (Å²) in [5.74, 6) is 0.268. The SMILES string of the molecule is CCNC(C)(CSc1ncnc2ccccc12)C(=O)OC. The Bertz CT molecular complexity index is 630. The van der Waals surface area contributed by atoms with Crippen molar-refractivity contribution in [3.8, 4) is 0 Å². The number of nitrogens with zero attached hydrogens (tertiary/aromatic N) is 2. The van der Waals surface area contributed by atoms with E-state index in [-0.39, 0.29) is 5.97 Å². The fourth-order valence-corrected chi connectivity index (χ4v) is 3.20. The lowest BCUT2D eigenvalue weighted by Crippen LogP contribution is -2.52. The summed E-state index contributed by atoms with van der Waals surface area (Å²) in [5.41, 5.74) is 0.165. The number of rotatable bonds is 6. The molecule has 1 aromatic heterocycles. The van der Waals surface area contributed by atoms with Crippen LogP contribution in [-0.4, -0.2) is 40.9 Å². The average Bonchev–Trinajstić information content (AvgIpc) is 2.52. The number of carbonyl (C=O) groups is 1. The van der Waals surface area contributed by atoms with Gasteiger partial charge in [0.15, 0.2) is 0 Å². The van der Waals surface area contributed by atoms with Crippen molar-refractivity contribution in [3.63, 3.8) is 0 Å². The van der Waals surface area contributed by atoms with Crippen LogP contribution in [0.3, 0.4) is 0 Å². The standard InChI is InChI=1S/C15H19N3O2S/c1-4-18-15(2,14(19)20-3)9-21-13-11-7-5-6-8-12(11)16-10-17-13/h5-8,10,18H,4,9H2,1-3H3. The number of nitrogens with one attached hydrogen (secondary N) is 1. The lowest BCUT2D eigenvalue weighted by Gasteiger charge is -2.27. The van der Waals surface area contributed by atoms with Crippen molar-refractivity contribution < 1.29 is 9.53 Å². The molecule has 0 aliphatic carbocycles. The summed E-state index contributed by atoms with van der Waals surface area (Å²) in [7, 11) is 1.41.